The van der Waals surface area contributed by atoms with Gasteiger partial charge in [0.1, 0.15) is 6.61 Å². The van der Waals surface area contributed by atoms with Gasteiger partial charge in [-0.15, -0.1) is 0 Å². The molecule has 0 atom stereocenters. The van der Waals surface area contributed by atoms with Crippen molar-refractivity contribution in [2.45, 2.75) is 18.4 Å². The van der Waals surface area contributed by atoms with Crippen molar-refractivity contribution in [1.82, 2.24) is 0 Å². The third-order valence-electron chi connectivity index (χ3n) is 2.98. The van der Waals surface area contributed by atoms with Crippen LogP contribution in [-0.4, -0.2) is 14.4 Å². The number of carbonyl (C=O) groups is 1. The Morgan fingerprint density at radius 1 is 1.10 bits per heavy atom. The van der Waals surface area contributed by atoms with Crippen LogP contribution in [0.5, 0.6) is 0 Å². The first kappa shape index (κ1) is 15.5. The Kier molecular flexibility index (Phi) is 4.65. The number of ether oxygens (including phenoxy) is 1. The summed E-state index contributed by atoms with van der Waals surface area (Å²) in [6.45, 7) is 1.64. The number of hydrogen-bond acceptors (Lipinski definition) is 4. The molecule has 2 rings (SSSR count). The first-order valence-corrected chi connectivity index (χ1v) is 8.46. The molecule has 0 heterocycles. The normalized spacial score (nSPS) is 11.1. The summed E-state index contributed by atoms with van der Waals surface area (Å²) in [6, 6.07) is 13.5. The fourth-order valence-electron chi connectivity index (χ4n) is 1.90. The van der Waals surface area contributed by atoms with Crippen molar-refractivity contribution in [3.05, 3.63) is 65.2 Å². The molecule has 0 aliphatic carbocycles. The Labute approximate surface area is 127 Å². The number of rotatable bonds is 4. The van der Waals surface area contributed by atoms with Gasteiger partial charge in [0.05, 0.1) is 10.5 Å². The van der Waals surface area contributed by atoms with Gasteiger partial charge in [0.15, 0.2) is 0 Å². The second-order valence-electron chi connectivity index (χ2n) is 4.43. The van der Waals surface area contributed by atoms with E-state index in [9.17, 15) is 13.2 Å². The predicted octanol–water partition coefficient (Wildman–Crippen LogP) is 3.28. The van der Waals surface area contributed by atoms with E-state index in [-0.39, 0.29) is 22.6 Å². The molecule has 0 fully saturated rings. The molecule has 6 heteroatoms. The summed E-state index contributed by atoms with van der Waals surface area (Å²) in [5, 5.41) is 0. The van der Waals surface area contributed by atoms with Gasteiger partial charge in [-0.1, -0.05) is 36.4 Å². The van der Waals surface area contributed by atoms with Gasteiger partial charge in [-0.3, -0.25) is 0 Å². The van der Waals surface area contributed by atoms with Crippen LogP contribution in [0.2, 0.25) is 0 Å². The maximum absolute atomic E-state index is 12.1. The molecular weight excluding hydrogens is 312 g/mol. The van der Waals surface area contributed by atoms with Crippen molar-refractivity contribution in [2.75, 3.05) is 0 Å². The average Bonchev–Trinajstić information content (AvgIpc) is 2.45. The number of halogens is 1. The fraction of sp³-hybridized carbons (Fsp3) is 0.133. The van der Waals surface area contributed by atoms with Gasteiger partial charge in [-0.2, -0.15) is 0 Å². The zero-order chi connectivity index (χ0) is 15.5. The lowest BCUT2D eigenvalue weighted by Gasteiger charge is -2.09. The molecule has 0 radical (unpaired) electrons. The maximum atomic E-state index is 12.1. The smallest absolute Gasteiger partial charge is 0.338 e. The minimum absolute atomic E-state index is 0.0849. The molecule has 0 N–H and O–H groups in total. The van der Waals surface area contributed by atoms with Gasteiger partial charge in [0.2, 0.25) is 0 Å². The van der Waals surface area contributed by atoms with E-state index < -0.39 is 15.0 Å². The topological polar surface area (TPSA) is 60.4 Å². The molecule has 21 heavy (non-hydrogen) atoms. The second kappa shape index (κ2) is 6.28. The molecule has 0 saturated carbocycles. The van der Waals surface area contributed by atoms with Crippen molar-refractivity contribution in [2.24, 2.45) is 0 Å². The van der Waals surface area contributed by atoms with Crippen LogP contribution in [0.1, 0.15) is 21.5 Å². The first-order chi connectivity index (χ1) is 9.89. The summed E-state index contributed by atoms with van der Waals surface area (Å²) in [4.78, 5) is 12.0. The summed E-state index contributed by atoms with van der Waals surface area (Å²) in [5.74, 6) is -0.585. The lowest BCUT2D eigenvalue weighted by atomic mass is 10.1. The Balaban J connectivity index is 2.21. The van der Waals surface area contributed by atoms with Gasteiger partial charge >= 0.3 is 5.97 Å². The highest BCUT2D eigenvalue weighted by Gasteiger charge is 2.19. The van der Waals surface area contributed by atoms with Crippen LogP contribution in [0, 0.1) is 6.92 Å². The van der Waals surface area contributed by atoms with Gasteiger partial charge in [-0.25, -0.2) is 13.2 Å². The highest BCUT2D eigenvalue weighted by atomic mass is 35.7. The Morgan fingerprint density at radius 3 is 2.38 bits per heavy atom. The second-order valence-corrected chi connectivity index (χ2v) is 6.96. The van der Waals surface area contributed by atoms with E-state index in [0.29, 0.717) is 0 Å². The van der Waals surface area contributed by atoms with Gasteiger partial charge in [-0.05, 0) is 30.2 Å². The highest BCUT2D eigenvalue weighted by Crippen LogP contribution is 2.23. The Hall–Kier alpha value is -1.85. The van der Waals surface area contributed by atoms with Crippen LogP contribution in [0.3, 0.4) is 0 Å². The molecule has 4 nitrogen and oxygen atoms in total. The van der Waals surface area contributed by atoms with Crippen LogP contribution in [0.25, 0.3) is 0 Å². The van der Waals surface area contributed by atoms with Crippen molar-refractivity contribution in [1.29, 1.82) is 0 Å². The largest absolute Gasteiger partial charge is 0.457 e. The zero-order valence-corrected chi connectivity index (χ0v) is 12.8. The maximum Gasteiger partial charge on any atom is 0.338 e. The van der Waals surface area contributed by atoms with E-state index >= 15 is 0 Å². The number of benzene rings is 2. The molecule has 2 aromatic rings. The van der Waals surface area contributed by atoms with Crippen LogP contribution < -0.4 is 0 Å². The average molecular weight is 325 g/mol. The molecule has 0 aliphatic rings. The molecule has 2 aromatic carbocycles. The quantitative estimate of drug-likeness (QED) is 0.639. The van der Waals surface area contributed by atoms with Gasteiger partial charge in [0, 0.05) is 10.7 Å². The predicted molar refractivity (Wildman–Crippen MR) is 79.8 cm³/mol. The first-order valence-electron chi connectivity index (χ1n) is 6.15. The fourth-order valence-corrected chi connectivity index (χ4v) is 3.12. The molecule has 0 unspecified atom stereocenters. The zero-order valence-electron chi connectivity index (χ0n) is 11.2. The van der Waals surface area contributed by atoms with Crippen LogP contribution in [0.15, 0.2) is 53.4 Å². The third kappa shape index (κ3) is 3.83. The van der Waals surface area contributed by atoms with E-state index in [2.05, 4.69) is 0 Å². The highest BCUT2D eigenvalue weighted by molar-refractivity contribution is 8.13. The van der Waals surface area contributed by atoms with E-state index in [1.54, 1.807) is 0 Å². The molecule has 0 aromatic heterocycles. The van der Waals surface area contributed by atoms with E-state index in [4.69, 9.17) is 15.4 Å². The standard InChI is InChI=1S/C15H13ClO4S/c1-11-13(8-5-9-14(11)21(16,18)19)15(17)20-10-12-6-3-2-4-7-12/h2-9H,10H2,1H3. The van der Waals surface area contributed by atoms with Gasteiger partial charge < -0.3 is 4.74 Å². The van der Waals surface area contributed by atoms with E-state index in [0.717, 1.165) is 5.56 Å². The molecule has 0 bridgehead atoms. The number of hydrogen-bond donors (Lipinski definition) is 0. The lowest BCUT2D eigenvalue weighted by Crippen LogP contribution is -2.09. The molecule has 110 valence electrons. The molecule has 0 aliphatic heterocycles. The van der Waals surface area contributed by atoms with Crippen molar-refractivity contribution in [3.63, 3.8) is 0 Å². The van der Waals surface area contributed by atoms with Gasteiger partial charge in [0.25, 0.3) is 9.05 Å². The lowest BCUT2D eigenvalue weighted by molar-refractivity contribution is 0.0471. The van der Waals surface area contributed by atoms with Crippen LogP contribution in [-0.2, 0) is 20.4 Å². The van der Waals surface area contributed by atoms with Crippen molar-refractivity contribution in [3.8, 4) is 0 Å². The Morgan fingerprint density at radius 2 is 1.76 bits per heavy atom. The molecule has 0 amide bonds. The molecular formula is C15H13ClO4S. The van der Waals surface area contributed by atoms with Crippen molar-refractivity contribution < 1.29 is 17.9 Å². The Bertz CT molecular complexity index is 754. The van der Waals surface area contributed by atoms with Crippen LogP contribution in [0.4, 0.5) is 0 Å². The molecule has 0 saturated heterocycles. The minimum Gasteiger partial charge on any atom is -0.457 e. The summed E-state index contributed by atoms with van der Waals surface area (Å²) < 4.78 is 28.0. The minimum atomic E-state index is -3.89. The van der Waals surface area contributed by atoms with E-state index in [1.165, 1.54) is 25.1 Å². The number of esters is 1. The SMILES string of the molecule is Cc1c(C(=O)OCc2ccccc2)cccc1S(=O)(=O)Cl. The summed E-state index contributed by atoms with van der Waals surface area (Å²) >= 11 is 0. The number of carbonyl (C=O) groups excluding carboxylic acids is 1. The third-order valence-corrected chi connectivity index (χ3v) is 4.45. The van der Waals surface area contributed by atoms with E-state index in [1.807, 2.05) is 30.3 Å². The summed E-state index contributed by atoms with van der Waals surface area (Å²) in [5.41, 5.74) is 1.32. The van der Waals surface area contributed by atoms with Crippen molar-refractivity contribution >= 4 is 25.7 Å². The summed E-state index contributed by atoms with van der Waals surface area (Å²) in [6.07, 6.45) is 0. The molecule has 0 spiro atoms. The monoisotopic (exact) mass is 324 g/mol. The van der Waals surface area contributed by atoms with Crippen LogP contribution >= 0.6 is 10.7 Å². The summed E-state index contributed by atoms with van der Waals surface area (Å²) in [7, 11) is 1.44.